The first-order chi connectivity index (χ1) is 5.22. The van der Waals surface area contributed by atoms with Crippen molar-refractivity contribution >= 4 is 16.8 Å². The fourth-order valence-electron chi connectivity index (χ4n) is 1.54. The molecule has 0 spiro atoms. The first-order valence-corrected chi connectivity index (χ1v) is 4.49. The van der Waals surface area contributed by atoms with Gasteiger partial charge in [-0.15, -0.1) is 0 Å². The minimum atomic E-state index is -0.200. The quantitative estimate of drug-likeness (QED) is 0.565. The summed E-state index contributed by atoms with van der Waals surface area (Å²) in [6.07, 6.45) is 4.48. The monoisotopic (exact) mass is 175 g/mol. The van der Waals surface area contributed by atoms with Gasteiger partial charge in [0.05, 0.1) is 6.04 Å². The third kappa shape index (κ3) is 2.46. The number of hydrogen-bond acceptors (Lipinski definition) is 2. The first-order valence-electron chi connectivity index (χ1n) is 4.11. The summed E-state index contributed by atoms with van der Waals surface area (Å²) < 4.78 is 0. The summed E-state index contributed by atoms with van der Waals surface area (Å²) in [5.74, 6) is 0. The number of rotatable bonds is 1. The zero-order valence-electron chi connectivity index (χ0n) is 6.85. The van der Waals surface area contributed by atoms with Crippen LogP contribution in [-0.2, 0) is 4.79 Å². The Morgan fingerprint density at radius 1 is 1.45 bits per heavy atom. The Kier molecular flexibility index (Phi) is 3.34. The minimum Gasteiger partial charge on any atom is -0.296 e. The molecule has 1 heterocycles. The van der Waals surface area contributed by atoms with Gasteiger partial charge in [-0.3, -0.25) is 9.69 Å². The minimum absolute atomic E-state index is 0.0285. The molecule has 2 nitrogen and oxygen atoms in total. The van der Waals surface area contributed by atoms with E-state index in [9.17, 15) is 4.79 Å². The molecule has 0 bridgehead atoms. The van der Waals surface area contributed by atoms with Crippen LogP contribution in [0.2, 0.25) is 0 Å². The van der Waals surface area contributed by atoms with Crippen LogP contribution in [0.15, 0.2) is 0 Å². The summed E-state index contributed by atoms with van der Waals surface area (Å²) in [7, 11) is 1.97. The zero-order chi connectivity index (χ0) is 8.27. The van der Waals surface area contributed by atoms with E-state index in [0.717, 1.165) is 19.4 Å². The van der Waals surface area contributed by atoms with E-state index in [-0.39, 0.29) is 11.3 Å². The van der Waals surface area contributed by atoms with Gasteiger partial charge in [-0.05, 0) is 38.0 Å². The van der Waals surface area contributed by atoms with E-state index >= 15 is 0 Å². The van der Waals surface area contributed by atoms with Gasteiger partial charge in [-0.2, -0.15) is 0 Å². The molecule has 0 radical (unpaired) electrons. The summed E-state index contributed by atoms with van der Waals surface area (Å²) in [6.45, 7) is 1.00. The molecule has 11 heavy (non-hydrogen) atoms. The second kappa shape index (κ2) is 4.07. The first kappa shape index (κ1) is 9.01. The maximum absolute atomic E-state index is 10.9. The fraction of sp³-hybridized carbons (Fsp3) is 0.875. The molecule has 1 unspecified atom stereocenters. The fourth-order valence-corrected chi connectivity index (χ4v) is 1.81. The Morgan fingerprint density at radius 3 is 2.82 bits per heavy atom. The maximum Gasteiger partial charge on any atom is 0.238 e. The van der Waals surface area contributed by atoms with Gasteiger partial charge in [-0.1, -0.05) is 12.8 Å². The average Bonchev–Trinajstić information content (AvgIpc) is 2.13. The molecule has 1 rings (SSSR count). The Hall–Kier alpha value is -0.0800. The Balaban J connectivity index is 2.52. The van der Waals surface area contributed by atoms with Crippen molar-refractivity contribution in [1.82, 2.24) is 4.90 Å². The lowest BCUT2D eigenvalue weighted by Gasteiger charge is -2.21. The third-order valence-corrected chi connectivity index (χ3v) is 2.53. The van der Waals surface area contributed by atoms with Crippen molar-refractivity contribution in [2.24, 2.45) is 0 Å². The molecule has 0 saturated carbocycles. The van der Waals surface area contributed by atoms with Gasteiger partial charge in [-0.25, -0.2) is 0 Å². The van der Waals surface area contributed by atoms with Crippen LogP contribution in [0.5, 0.6) is 0 Å². The SMILES string of the molecule is CN1CCCCCC1C(=O)Cl. The van der Waals surface area contributed by atoms with E-state index in [2.05, 4.69) is 4.90 Å². The maximum atomic E-state index is 10.9. The van der Waals surface area contributed by atoms with Gasteiger partial charge in [0, 0.05) is 0 Å². The van der Waals surface area contributed by atoms with Crippen LogP contribution in [-0.4, -0.2) is 29.8 Å². The van der Waals surface area contributed by atoms with E-state index < -0.39 is 0 Å². The molecule has 0 aliphatic carbocycles. The molecule has 0 aromatic rings. The second-order valence-corrected chi connectivity index (χ2v) is 3.52. The zero-order valence-corrected chi connectivity index (χ0v) is 7.60. The van der Waals surface area contributed by atoms with Crippen molar-refractivity contribution in [2.75, 3.05) is 13.6 Å². The van der Waals surface area contributed by atoms with Gasteiger partial charge < -0.3 is 0 Å². The van der Waals surface area contributed by atoms with Crippen molar-refractivity contribution < 1.29 is 4.79 Å². The Bertz CT molecular complexity index is 149. The van der Waals surface area contributed by atoms with Gasteiger partial charge in [0.1, 0.15) is 0 Å². The summed E-state index contributed by atoms with van der Waals surface area (Å²) in [5, 5.41) is -0.200. The van der Waals surface area contributed by atoms with Crippen LogP contribution in [0.1, 0.15) is 25.7 Å². The molecule has 0 amide bonds. The highest BCUT2D eigenvalue weighted by molar-refractivity contribution is 6.64. The van der Waals surface area contributed by atoms with Gasteiger partial charge in [0.25, 0.3) is 0 Å². The average molecular weight is 176 g/mol. The molecule has 64 valence electrons. The van der Waals surface area contributed by atoms with Crippen LogP contribution >= 0.6 is 11.6 Å². The Morgan fingerprint density at radius 2 is 2.18 bits per heavy atom. The predicted octanol–water partition coefficient (Wildman–Crippen LogP) is 1.63. The summed E-state index contributed by atoms with van der Waals surface area (Å²) >= 11 is 5.44. The number of carbonyl (C=O) groups is 1. The number of hydrogen-bond donors (Lipinski definition) is 0. The van der Waals surface area contributed by atoms with Crippen molar-refractivity contribution in [3.05, 3.63) is 0 Å². The van der Waals surface area contributed by atoms with Gasteiger partial charge >= 0.3 is 0 Å². The summed E-state index contributed by atoms with van der Waals surface area (Å²) in [4.78, 5) is 12.9. The molecular weight excluding hydrogens is 162 g/mol. The molecule has 1 fully saturated rings. The van der Waals surface area contributed by atoms with Crippen LogP contribution in [0.25, 0.3) is 0 Å². The number of halogens is 1. The predicted molar refractivity (Wildman–Crippen MR) is 45.7 cm³/mol. The van der Waals surface area contributed by atoms with Crippen molar-refractivity contribution in [1.29, 1.82) is 0 Å². The summed E-state index contributed by atoms with van der Waals surface area (Å²) in [5.41, 5.74) is 0. The normalized spacial score (nSPS) is 28.0. The lowest BCUT2D eigenvalue weighted by atomic mass is 10.1. The summed E-state index contributed by atoms with van der Waals surface area (Å²) in [6, 6.07) is -0.0285. The topological polar surface area (TPSA) is 20.3 Å². The molecule has 1 saturated heterocycles. The molecule has 1 aliphatic rings. The lowest BCUT2D eigenvalue weighted by Crippen LogP contribution is -2.35. The number of likely N-dealkylation sites (tertiary alicyclic amines) is 1. The molecule has 1 aliphatic heterocycles. The molecule has 0 aromatic carbocycles. The van der Waals surface area contributed by atoms with Gasteiger partial charge in [0.2, 0.25) is 5.24 Å². The van der Waals surface area contributed by atoms with Gasteiger partial charge in [0.15, 0.2) is 0 Å². The van der Waals surface area contributed by atoms with Crippen LogP contribution in [0.4, 0.5) is 0 Å². The number of likely N-dealkylation sites (N-methyl/N-ethyl adjacent to an activating group) is 1. The van der Waals surface area contributed by atoms with Crippen molar-refractivity contribution in [3.8, 4) is 0 Å². The van der Waals surface area contributed by atoms with E-state index in [1.54, 1.807) is 0 Å². The molecule has 1 atom stereocenters. The molecular formula is C8H14ClNO. The number of carbonyl (C=O) groups excluding carboxylic acids is 1. The highest BCUT2D eigenvalue weighted by Crippen LogP contribution is 2.16. The molecule has 3 heteroatoms. The van der Waals surface area contributed by atoms with E-state index in [4.69, 9.17) is 11.6 Å². The largest absolute Gasteiger partial charge is 0.296 e. The molecule has 0 N–H and O–H groups in total. The Labute approximate surface area is 72.5 Å². The highest BCUT2D eigenvalue weighted by Gasteiger charge is 2.22. The lowest BCUT2D eigenvalue weighted by molar-refractivity contribution is -0.116. The standard InChI is InChI=1S/C8H14ClNO/c1-10-6-4-2-3-5-7(10)8(9)11/h7H,2-6H2,1H3. The van der Waals surface area contributed by atoms with E-state index in [1.807, 2.05) is 7.05 Å². The third-order valence-electron chi connectivity index (χ3n) is 2.28. The van der Waals surface area contributed by atoms with E-state index in [0.29, 0.717) is 0 Å². The smallest absolute Gasteiger partial charge is 0.238 e. The van der Waals surface area contributed by atoms with Crippen LogP contribution in [0, 0.1) is 0 Å². The van der Waals surface area contributed by atoms with Crippen molar-refractivity contribution in [2.45, 2.75) is 31.7 Å². The van der Waals surface area contributed by atoms with E-state index in [1.165, 1.54) is 12.8 Å². The van der Waals surface area contributed by atoms with Crippen LogP contribution < -0.4 is 0 Å². The van der Waals surface area contributed by atoms with Crippen LogP contribution in [0.3, 0.4) is 0 Å². The highest BCUT2D eigenvalue weighted by atomic mass is 35.5. The van der Waals surface area contributed by atoms with Crippen molar-refractivity contribution in [3.63, 3.8) is 0 Å². The number of nitrogens with zero attached hydrogens (tertiary/aromatic N) is 1. The molecule has 0 aromatic heterocycles. The second-order valence-electron chi connectivity index (χ2n) is 3.15.